The third-order valence-electron chi connectivity index (χ3n) is 3.37. The largest absolute Gasteiger partial charge is 0.460 e. The number of carbonyl (C=O) groups excluding carboxylic acids is 2. The van der Waals surface area contributed by atoms with Crippen LogP contribution >= 0.6 is 0 Å². The molecule has 1 N–H and O–H groups in total. The van der Waals surface area contributed by atoms with Gasteiger partial charge in [0, 0.05) is 32.9 Å². The van der Waals surface area contributed by atoms with Gasteiger partial charge in [0.15, 0.2) is 5.82 Å². The molecule has 0 radical (unpaired) electrons. The molecule has 2 aromatic heterocycles. The van der Waals surface area contributed by atoms with E-state index >= 15 is 0 Å². The highest BCUT2D eigenvalue weighted by atomic mass is 16.6. The first-order valence-corrected chi connectivity index (χ1v) is 8.39. The maximum absolute atomic E-state index is 12.1. The van der Waals surface area contributed by atoms with Crippen LogP contribution in [0.15, 0.2) is 10.9 Å². The summed E-state index contributed by atoms with van der Waals surface area (Å²) in [6, 6.07) is 0. The van der Waals surface area contributed by atoms with Crippen LogP contribution in [0.4, 0.5) is 0 Å². The smallest absolute Gasteiger partial charge is 0.306 e. The number of rotatable bonds is 8. The van der Waals surface area contributed by atoms with Gasteiger partial charge in [0.25, 0.3) is 0 Å². The van der Waals surface area contributed by atoms with Crippen molar-refractivity contribution >= 4 is 11.9 Å². The summed E-state index contributed by atoms with van der Waals surface area (Å²) in [5.41, 5.74) is -0.493. The summed E-state index contributed by atoms with van der Waals surface area (Å²) in [6.07, 6.45) is 2.74. The second kappa shape index (κ2) is 8.54. The number of H-pyrrole nitrogens is 1. The molecule has 142 valence electrons. The van der Waals surface area contributed by atoms with Gasteiger partial charge in [0.2, 0.25) is 17.6 Å². The van der Waals surface area contributed by atoms with Crippen molar-refractivity contribution in [2.24, 2.45) is 0 Å². The van der Waals surface area contributed by atoms with Crippen LogP contribution in [0.25, 0.3) is 11.6 Å². The molecule has 0 bridgehead atoms. The second-order valence-electron chi connectivity index (χ2n) is 6.85. The summed E-state index contributed by atoms with van der Waals surface area (Å²) in [4.78, 5) is 33.5. The third kappa shape index (κ3) is 6.26. The third-order valence-corrected chi connectivity index (χ3v) is 3.37. The Labute approximate surface area is 151 Å². The molecule has 0 aliphatic carbocycles. The van der Waals surface area contributed by atoms with E-state index in [1.54, 1.807) is 11.9 Å². The molecular weight excluding hydrogens is 340 g/mol. The van der Waals surface area contributed by atoms with Crippen LogP contribution in [-0.2, 0) is 20.7 Å². The molecule has 0 aliphatic heterocycles. The van der Waals surface area contributed by atoms with Crippen molar-refractivity contribution in [3.63, 3.8) is 0 Å². The van der Waals surface area contributed by atoms with E-state index in [1.165, 1.54) is 6.33 Å². The van der Waals surface area contributed by atoms with Gasteiger partial charge in [-0.3, -0.25) is 14.7 Å². The maximum atomic E-state index is 12.1. The Balaban J connectivity index is 1.70. The molecule has 2 aromatic rings. The number of nitrogens with zero attached hydrogens (tertiary/aromatic N) is 5. The van der Waals surface area contributed by atoms with Crippen molar-refractivity contribution in [2.75, 3.05) is 13.6 Å². The normalized spacial score (nSPS) is 11.4. The van der Waals surface area contributed by atoms with Gasteiger partial charge in [-0.15, -0.1) is 0 Å². The minimum absolute atomic E-state index is 0.0615. The molecule has 0 fully saturated rings. The van der Waals surface area contributed by atoms with Gasteiger partial charge in [0.05, 0.1) is 0 Å². The van der Waals surface area contributed by atoms with E-state index < -0.39 is 5.60 Å². The van der Waals surface area contributed by atoms with Crippen LogP contribution in [0.5, 0.6) is 0 Å². The number of aromatic nitrogens is 5. The lowest BCUT2D eigenvalue weighted by Crippen LogP contribution is -2.29. The fraction of sp³-hybridized carbons (Fsp3) is 0.625. The van der Waals surface area contributed by atoms with E-state index in [0.717, 1.165) is 0 Å². The predicted molar refractivity (Wildman–Crippen MR) is 90.7 cm³/mol. The molecule has 10 nitrogen and oxygen atoms in total. The van der Waals surface area contributed by atoms with E-state index in [4.69, 9.17) is 9.26 Å². The van der Waals surface area contributed by atoms with Crippen molar-refractivity contribution in [3.05, 3.63) is 12.2 Å². The highest BCUT2D eigenvalue weighted by Gasteiger charge is 2.17. The van der Waals surface area contributed by atoms with Crippen molar-refractivity contribution in [1.29, 1.82) is 0 Å². The number of amides is 1. The van der Waals surface area contributed by atoms with Crippen molar-refractivity contribution in [2.45, 2.75) is 52.1 Å². The maximum Gasteiger partial charge on any atom is 0.306 e. The molecule has 0 spiro atoms. The molecule has 0 atom stereocenters. The molecule has 0 saturated heterocycles. The molecule has 0 aliphatic rings. The lowest BCUT2D eigenvalue weighted by atomic mass is 10.2. The quantitative estimate of drug-likeness (QED) is 0.696. The lowest BCUT2D eigenvalue weighted by Gasteiger charge is -2.20. The van der Waals surface area contributed by atoms with Gasteiger partial charge in [-0.2, -0.15) is 10.1 Å². The fourth-order valence-corrected chi connectivity index (χ4v) is 2.15. The minimum atomic E-state index is -0.493. The highest BCUT2D eigenvalue weighted by molar-refractivity contribution is 5.76. The molecule has 0 unspecified atom stereocenters. The van der Waals surface area contributed by atoms with Crippen molar-refractivity contribution < 1.29 is 18.8 Å². The summed E-state index contributed by atoms with van der Waals surface area (Å²) in [5.74, 6) is 0.742. The van der Waals surface area contributed by atoms with Crippen molar-refractivity contribution in [1.82, 2.24) is 30.2 Å². The summed E-state index contributed by atoms with van der Waals surface area (Å²) in [6.45, 7) is 5.95. The number of aromatic amines is 1. The monoisotopic (exact) mass is 364 g/mol. The molecule has 10 heteroatoms. The van der Waals surface area contributed by atoms with Gasteiger partial charge in [-0.05, 0) is 27.2 Å². The molecule has 2 heterocycles. The number of hydrogen-bond acceptors (Lipinski definition) is 8. The number of hydrogen-bond donors (Lipinski definition) is 1. The van der Waals surface area contributed by atoms with Gasteiger partial charge < -0.3 is 14.2 Å². The van der Waals surface area contributed by atoms with Gasteiger partial charge >= 0.3 is 5.97 Å². The summed E-state index contributed by atoms with van der Waals surface area (Å²) >= 11 is 0. The van der Waals surface area contributed by atoms with Crippen LogP contribution in [0.1, 0.15) is 45.9 Å². The van der Waals surface area contributed by atoms with Crippen LogP contribution in [0, 0.1) is 0 Å². The number of esters is 1. The topological polar surface area (TPSA) is 127 Å². The fourth-order valence-electron chi connectivity index (χ4n) is 2.15. The second-order valence-corrected chi connectivity index (χ2v) is 6.85. The van der Waals surface area contributed by atoms with E-state index in [-0.39, 0.29) is 24.7 Å². The standard InChI is InChI=1S/C16H24N6O4/c1-16(2,3)25-13(24)6-5-9-22(4)12(23)8-7-11-19-15(21-26-11)14-17-10-18-20-14/h10H,5-9H2,1-4H3,(H,17,18,20). The van der Waals surface area contributed by atoms with E-state index in [9.17, 15) is 9.59 Å². The van der Waals surface area contributed by atoms with Crippen LogP contribution in [0.3, 0.4) is 0 Å². The number of aryl methyl sites for hydroxylation is 1. The van der Waals surface area contributed by atoms with Gasteiger partial charge in [-0.1, -0.05) is 5.16 Å². The minimum Gasteiger partial charge on any atom is -0.460 e. The average molecular weight is 364 g/mol. The van der Waals surface area contributed by atoms with Gasteiger partial charge in [0.1, 0.15) is 11.9 Å². The zero-order valence-corrected chi connectivity index (χ0v) is 15.5. The number of carbonyl (C=O) groups is 2. The molecule has 2 rings (SSSR count). The zero-order valence-electron chi connectivity index (χ0n) is 15.5. The Morgan fingerprint density at radius 3 is 2.73 bits per heavy atom. The highest BCUT2D eigenvalue weighted by Crippen LogP contribution is 2.11. The zero-order chi connectivity index (χ0) is 19.2. The van der Waals surface area contributed by atoms with E-state index in [1.807, 2.05) is 20.8 Å². The van der Waals surface area contributed by atoms with E-state index in [0.29, 0.717) is 36.9 Å². The predicted octanol–water partition coefficient (Wildman–Crippen LogP) is 1.37. The first-order chi connectivity index (χ1) is 12.2. The molecule has 0 saturated carbocycles. The molecule has 1 amide bonds. The van der Waals surface area contributed by atoms with Crippen LogP contribution < -0.4 is 0 Å². The number of ether oxygens (including phenoxy) is 1. The first kappa shape index (κ1) is 19.5. The SMILES string of the molecule is CN(CCCC(=O)OC(C)(C)C)C(=O)CCc1nc(-c2ncn[nH]2)no1. The molecular formula is C16H24N6O4. The molecule has 26 heavy (non-hydrogen) atoms. The Bertz CT molecular complexity index is 719. The Morgan fingerprint density at radius 2 is 2.08 bits per heavy atom. The lowest BCUT2D eigenvalue weighted by molar-refractivity contribution is -0.155. The Kier molecular flexibility index (Phi) is 6.42. The average Bonchev–Trinajstić information content (AvgIpc) is 3.21. The Hall–Kier alpha value is -2.78. The molecule has 0 aromatic carbocycles. The summed E-state index contributed by atoms with van der Waals surface area (Å²) < 4.78 is 10.3. The van der Waals surface area contributed by atoms with Crippen LogP contribution in [-0.4, -0.2) is 61.3 Å². The summed E-state index contributed by atoms with van der Waals surface area (Å²) in [5, 5.41) is 10.1. The first-order valence-electron chi connectivity index (χ1n) is 8.39. The number of nitrogens with one attached hydrogen (secondary N) is 1. The summed E-state index contributed by atoms with van der Waals surface area (Å²) in [7, 11) is 1.70. The van der Waals surface area contributed by atoms with E-state index in [2.05, 4.69) is 25.3 Å². The van der Waals surface area contributed by atoms with Crippen LogP contribution in [0.2, 0.25) is 0 Å². The van der Waals surface area contributed by atoms with Crippen molar-refractivity contribution in [3.8, 4) is 11.6 Å². The van der Waals surface area contributed by atoms with Gasteiger partial charge in [-0.25, -0.2) is 4.98 Å². The Morgan fingerprint density at radius 1 is 1.31 bits per heavy atom.